The van der Waals surface area contributed by atoms with Crippen molar-refractivity contribution in [2.45, 2.75) is 6.92 Å². The van der Waals surface area contributed by atoms with Crippen molar-refractivity contribution >= 4 is 87.7 Å². The first-order chi connectivity index (χ1) is 33.2. The van der Waals surface area contributed by atoms with Crippen LogP contribution >= 0.6 is 0 Å². The minimum Gasteiger partial charge on any atom is -0.292 e. The second kappa shape index (κ2) is 14.0. The molecule has 0 bridgehead atoms. The fourth-order valence-electron chi connectivity index (χ4n) is 10.7. The fraction of sp³-hybridized carbons (Fsp3) is 0.0175. The Hall–Kier alpha value is -9.46. The normalized spacial score (nSPS) is 11.9. The van der Waals surface area contributed by atoms with Crippen LogP contribution in [0.3, 0.4) is 0 Å². The largest absolute Gasteiger partial charge is 0.292 e. The maximum absolute atomic E-state index is 12.4. The van der Waals surface area contributed by atoms with Crippen molar-refractivity contribution in [2.75, 3.05) is 0 Å². The van der Waals surface area contributed by atoms with Crippen LogP contribution in [0.4, 0.5) is 0 Å². The lowest BCUT2D eigenvalue weighted by Gasteiger charge is -2.28. The Kier molecular flexibility index (Phi) is 7.73. The van der Waals surface area contributed by atoms with Gasteiger partial charge >= 0.3 is 0 Å². The molecule has 0 fully saturated rings. The quantitative estimate of drug-likeness (QED) is 0.171. The van der Waals surface area contributed by atoms with E-state index in [9.17, 15) is 5.26 Å². The molecule has 0 amide bonds. The zero-order valence-electron chi connectivity index (χ0n) is 35.9. The topological polar surface area (TPSA) is 108 Å². The Labute approximate surface area is 381 Å². The molecule has 0 radical (unpaired) electrons. The Morgan fingerprint density at radius 1 is 0.358 bits per heavy atom. The van der Waals surface area contributed by atoms with Gasteiger partial charge in [0, 0.05) is 73.6 Å². The first kappa shape index (κ1) is 37.0. The number of aromatic nitrogens is 9. The summed E-state index contributed by atoms with van der Waals surface area (Å²) in [5.74, 6) is 0. The van der Waals surface area contributed by atoms with Crippen LogP contribution in [0.2, 0.25) is 0 Å². The summed E-state index contributed by atoms with van der Waals surface area (Å²) in [5.41, 5.74) is 11.8. The van der Waals surface area contributed by atoms with Gasteiger partial charge in [-0.1, -0.05) is 78.9 Å². The van der Waals surface area contributed by atoms with E-state index in [4.69, 9.17) is 24.9 Å². The van der Waals surface area contributed by atoms with Crippen LogP contribution in [0.25, 0.3) is 122 Å². The molecule has 0 aliphatic rings. The molecule has 9 heterocycles. The van der Waals surface area contributed by atoms with E-state index < -0.39 is 0 Å². The summed E-state index contributed by atoms with van der Waals surface area (Å²) in [6.45, 7) is 2.01. The molecule has 67 heavy (non-hydrogen) atoms. The number of aryl methyl sites for hydroxylation is 1. The van der Waals surface area contributed by atoms with Crippen LogP contribution in [0.15, 0.2) is 189 Å². The Morgan fingerprint density at radius 3 is 1.12 bits per heavy atom. The molecule has 14 rings (SSSR count). The third kappa shape index (κ3) is 5.05. The highest BCUT2D eigenvalue weighted by Crippen LogP contribution is 2.50. The van der Waals surface area contributed by atoms with Crippen molar-refractivity contribution in [1.29, 1.82) is 5.26 Å². The predicted molar refractivity (Wildman–Crippen MR) is 268 cm³/mol. The molecule has 0 saturated carbocycles. The molecule has 10 nitrogen and oxygen atoms in total. The minimum absolute atomic E-state index is 0.397. The number of para-hydroxylation sites is 4. The lowest BCUT2D eigenvalue weighted by Crippen LogP contribution is -2.17. The SMILES string of the molecule is Cc1cccc(-c2c(-n3c4ccccc4c4cccnc43)c(C#N)c(-n3c4ccccc4c4cccnc43)c(-n3c4ccccc4c4cccnc43)c2-n2c3ccccc3c3cccnc32)n1. The van der Waals surface area contributed by atoms with E-state index in [1.165, 1.54) is 0 Å². The third-order valence-corrected chi connectivity index (χ3v) is 13.3. The Bertz CT molecular complexity index is 4230. The van der Waals surface area contributed by atoms with Crippen LogP contribution in [0.5, 0.6) is 0 Å². The van der Waals surface area contributed by atoms with Gasteiger partial charge in [0.2, 0.25) is 0 Å². The highest BCUT2D eigenvalue weighted by Gasteiger charge is 2.36. The highest BCUT2D eigenvalue weighted by molar-refractivity contribution is 6.15. The first-order valence-electron chi connectivity index (χ1n) is 22.2. The summed E-state index contributed by atoms with van der Waals surface area (Å²) < 4.78 is 8.88. The van der Waals surface area contributed by atoms with Gasteiger partial charge in [-0.05, 0) is 91.9 Å². The molecule has 312 valence electrons. The summed E-state index contributed by atoms with van der Waals surface area (Å²) in [4.78, 5) is 26.2. The zero-order chi connectivity index (χ0) is 44.3. The van der Waals surface area contributed by atoms with Crippen LogP contribution in [0, 0.1) is 18.3 Å². The lowest BCUT2D eigenvalue weighted by atomic mass is 9.95. The molecule has 0 atom stereocenters. The summed E-state index contributed by atoms with van der Waals surface area (Å²) in [6, 6.07) is 58.9. The smallest absolute Gasteiger partial charge is 0.145 e. The van der Waals surface area contributed by atoms with E-state index in [1.54, 1.807) is 0 Å². The van der Waals surface area contributed by atoms with Crippen molar-refractivity contribution in [3.8, 4) is 40.1 Å². The van der Waals surface area contributed by atoms with E-state index in [0.29, 0.717) is 39.6 Å². The van der Waals surface area contributed by atoms with E-state index in [2.05, 4.69) is 140 Å². The Balaban J connectivity index is 1.38. The van der Waals surface area contributed by atoms with Gasteiger partial charge in [-0.15, -0.1) is 0 Å². The molecule has 10 heteroatoms. The molecule has 0 saturated heterocycles. The standard InChI is InChI=1S/C57H34N10/c1-34-15-10-24-44(63-34)49-50(64-45-25-6-2-16-35(45)39-20-11-29-59-54(39)64)43(33-58)51(65-46-26-7-3-17-36(46)40-21-12-30-60-55(40)65)53(67-48-28-9-5-19-38(48)42-23-14-32-62-57(42)67)52(49)66-47-27-8-4-18-37(47)41-22-13-31-61-56(41)66/h2-32H,1H3. The van der Waals surface area contributed by atoms with E-state index in [0.717, 1.165) is 93.4 Å². The monoisotopic (exact) mass is 858 g/mol. The molecule has 0 spiro atoms. The number of hydrogen-bond donors (Lipinski definition) is 0. The van der Waals surface area contributed by atoms with Crippen LogP contribution in [-0.2, 0) is 0 Å². The van der Waals surface area contributed by atoms with E-state index >= 15 is 0 Å². The Morgan fingerprint density at radius 2 is 0.716 bits per heavy atom. The number of hydrogen-bond acceptors (Lipinski definition) is 6. The number of fused-ring (bicyclic) bond motifs is 12. The maximum Gasteiger partial charge on any atom is 0.145 e. The van der Waals surface area contributed by atoms with Gasteiger partial charge in [-0.25, -0.2) is 19.9 Å². The van der Waals surface area contributed by atoms with Gasteiger partial charge in [0.1, 0.15) is 34.2 Å². The van der Waals surface area contributed by atoms with Crippen LogP contribution < -0.4 is 0 Å². The minimum atomic E-state index is 0.397. The molecule has 5 aromatic carbocycles. The molecule has 0 N–H and O–H groups in total. The average Bonchev–Trinajstić information content (AvgIpc) is 4.11. The van der Waals surface area contributed by atoms with Crippen molar-refractivity contribution < 1.29 is 0 Å². The van der Waals surface area contributed by atoms with Gasteiger partial charge in [0.05, 0.1) is 56.1 Å². The fourth-order valence-corrected chi connectivity index (χ4v) is 10.7. The second-order valence-electron chi connectivity index (χ2n) is 16.8. The third-order valence-electron chi connectivity index (χ3n) is 13.3. The van der Waals surface area contributed by atoms with Crippen LogP contribution in [-0.4, -0.2) is 43.2 Å². The first-order valence-corrected chi connectivity index (χ1v) is 22.2. The summed E-state index contributed by atoms with van der Waals surface area (Å²) in [5, 5.41) is 20.4. The van der Waals surface area contributed by atoms with Gasteiger partial charge in [-0.2, -0.15) is 5.26 Å². The molecule has 14 aromatic rings. The van der Waals surface area contributed by atoms with Crippen molar-refractivity contribution in [2.24, 2.45) is 0 Å². The number of benzene rings is 5. The molecule has 9 aromatic heterocycles. The number of nitriles is 1. The molecule has 0 unspecified atom stereocenters. The molecular formula is C57H34N10. The van der Waals surface area contributed by atoms with Gasteiger partial charge in [-0.3, -0.25) is 23.3 Å². The summed E-state index contributed by atoms with van der Waals surface area (Å²) >= 11 is 0. The molecular weight excluding hydrogens is 825 g/mol. The number of nitrogens with zero attached hydrogens (tertiary/aromatic N) is 10. The van der Waals surface area contributed by atoms with Gasteiger partial charge in [0.25, 0.3) is 0 Å². The predicted octanol–water partition coefficient (Wildman–Crippen LogP) is 12.9. The van der Waals surface area contributed by atoms with E-state index in [1.807, 2.05) is 80.2 Å². The zero-order valence-corrected chi connectivity index (χ0v) is 35.9. The van der Waals surface area contributed by atoms with E-state index in [-0.39, 0.29) is 0 Å². The molecule has 0 aliphatic heterocycles. The van der Waals surface area contributed by atoms with Crippen molar-refractivity contribution in [1.82, 2.24) is 43.2 Å². The summed E-state index contributed by atoms with van der Waals surface area (Å²) in [7, 11) is 0. The number of rotatable bonds is 5. The van der Waals surface area contributed by atoms with Crippen LogP contribution in [0.1, 0.15) is 11.3 Å². The average molecular weight is 859 g/mol. The van der Waals surface area contributed by atoms with Crippen molar-refractivity contribution in [3.05, 3.63) is 200 Å². The van der Waals surface area contributed by atoms with Gasteiger partial charge < -0.3 is 0 Å². The number of pyridine rings is 5. The summed E-state index contributed by atoms with van der Waals surface area (Å²) in [6.07, 6.45) is 7.34. The highest BCUT2D eigenvalue weighted by atomic mass is 15.2. The second-order valence-corrected chi connectivity index (χ2v) is 16.8. The maximum atomic E-state index is 12.4. The molecule has 0 aliphatic carbocycles. The van der Waals surface area contributed by atoms with Crippen molar-refractivity contribution in [3.63, 3.8) is 0 Å². The lowest BCUT2D eigenvalue weighted by molar-refractivity contribution is 1.00. The van der Waals surface area contributed by atoms with Gasteiger partial charge in [0.15, 0.2) is 0 Å².